The molecule has 0 saturated heterocycles. The summed E-state index contributed by atoms with van der Waals surface area (Å²) in [5, 5.41) is 8.34. The predicted octanol–water partition coefficient (Wildman–Crippen LogP) is 0.158. The summed E-state index contributed by atoms with van der Waals surface area (Å²) in [5.74, 6) is 0. The van der Waals surface area contributed by atoms with Crippen LogP contribution in [0.4, 0.5) is 0 Å². The molecule has 1 aromatic rings. The Balaban J connectivity index is 3.04. The fourth-order valence-electron chi connectivity index (χ4n) is 1.32. The minimum absolute atomic E-state index is 0.205. The second kappa shape index (κ2) is 5.84. The Morgan fingerprint density at radius 3 is 2.61 bits per heavy atom. The van der Waals surface area contributed by atoms with E-state index in [-0.39, 0.29) is 6.54 Å². The van der Waals surface area contributed by atoms with Crippen LogP contribution in [0.3, 0.4) is 0 Å². The van der Waals surface area contributed by atoms with Crippen LogP contribution in [0.5, 0.6) is 0 Å². The third-order valence-electron chi connectivity index (χ3n) is 2.18. The van der Waals surface area contributed by atoms with Crippen molar-refractivity contribution in [3.05, 3.63) is 27.0 Å². The van der Waals surface area contributed by atoms with Crippen LogP contribution in [0, 0.1) is 11.3 Å². The monoisotopic (exact) mass is 291 g/mol. The van der Waals surface area contributed by atoms with Crippen LogP contribution in [0.1, 0.15) is 19.3 Å². The smallest absolute Gasteiger partial charge is 0.299 e. The molecule has 1 heterocycles. The first-order valence-corrected chi connectivity index (χ1v) is 7.32. The molecular weight excluding hydrogens is 282 g/mol. The minimum atomic E-state index is -4.19. The summed E-state index contributed by atoms with van der Waals surface area (Å²) in [6, 6.07) is 1.95. The summed E-state index contributed by atoms with van der Waals surface area (Å²) in [6.45, 7) is 0.205. The molecule has 98 valence electrons. The Kier molecular flexibility index (Phi) is 4.69. The highest BCUT2D eigenvalue weighted by Crippen LogP contribution is 2.07. The molecular formula is C9H10ClN3O4S. The topological polar surface area (TPSA) is 113 Å². The van der Waals surface area contributed by atoms with E-state index in [1.54, 1.807) is 0 Å². The lowest BCUT2D eigenvalue weighted by Gasteiger charge is -2.05. The number of nitrogens with one attached hydrogen (secondary N) is 1. The van der Waals surface area contributed by atoms with Crippen LogP contribution in [0.15, 0.2) is 20.7 Å². The Hall–Kier alpha value is -1.59. The zero-order chi connectivity index (χ0) is 13.8. The number of nitriles is 1. The molecule has 0 aliphatic carbocycles. The van der Waals surface area contributed by atoms with Crippen molar-refractivity contribution in [3.63, 3.8) is 0 Å². The molecule has 18 heavy (non-hydrogen) atoms. The first-order valence-electron chi connectivity index (χ1n) is 5.01. The molecule has 0 unspecified atom stereocenters. The molecule has 0 bridgehead atoms. The molecule has 1 rings (SSSR count). The van der Waals surface area contributed by atoms with Crippen LogP contribution >= 0.6 is 10.7 Å². The highest BCUT2D eigenvalue weighted by molar-refractivity contribution is 8.13. The molecule has 0 aromatic carbocycles. The van der Waals surface area contributed by atoms with Crippen molar-refractivity contribution < 1.29 is 8.42 Å². The normalized spacial score (nSPS) is 11.1. The number of halogens is 1. The van der Waals surface area contributed by atoms with Crippen LogP contribution in [-0.4, -0.2) is 18.0 Å². The van der Waals surface area contributed by atoms with Gasteiger partial charge in [-0.2, -0.15) is 5.26 Å². The fourth-order valence-corrected chi connectivity index (χ4v) is 2.17. The third-order valence-corrected chi connectivity index (χ3v) is 3.49. The summed E-state index contributed by atoms with van der Waals surface area (Å²) < 4.78 is 23.2. The number of H-pyrrole nitrogens is 1. The van der Waals surface area contributed by atoms with Gasteiger partial charge in [0.1, 0.15) is 0 Å². The van der Waals surface area contributed by atoms with E-state index in [4.69, 9.17) is 15.9 Å². The van der Waals surface area contributed by atoms with Crippen molar-refractivity contribution in [2.45, 2.75) is 30.7 Å². The summed E-state index contributed by atoms with van der Waals surface area (Å²) in [6.07, 6.45) is 2.35. The maximum Gasteiger partial charge on any atom is 0.328 e. The van der Waals surface area contributed by atoms with E-state index in [9.17, 15) is 18.0 Å². The molecule has 1 aromatic heterocycles. The van der Waals surface area contributed by atoms with Crippen LogP contribution < -0.4 is 11.2 Å². The number of rotatable bonds is 5. The van der Waals surface area contributed by atoms with Gasteiger partial charge in [0.05, 0.1) is 6.07 Å². The third kappa shape index (κ3) is 3.72. The number of aromatic amines is 1. The molecule has 0 atom stereocenters. The van der Waals surface area contributed by atoms with Gasteiger partial charge in [-0.05, 0) is 12.8 Å². The first kappa shape index (κ1) is 14.5. The highest BCUT2D eigenvalue weighted by atomic mass is 35.7. The van der Waals surface area contributed by atoms with Crippen molar-refractivity contribution >= 4 is 19.7 Å². The molecule has 0 saturated carbocycles. The van der Waals surface area contributed by atoms with Gasteiger partial charge in [0.25, 0.3) is 14.6 Å². The Labute approximate surface area is 107 Å². The van der Waals surface area contributed by atoms with Crippen LogP contribution in [0.2, 0.25) is 0 Å². The lowest BCUT2D eigenvalue weighted by Crippen LogP contribution is -2.32. The summed E-state index contributed by atoms with van der Waals surface area (Å²) in [7, 11) is 0.874. The SMILES string of the molecule is N#CCCCCn1cc(S(=O)(=O)Cl)c(=O)[nH]c1=O. The van der Waals surface area contributed by atoms with Gasteiger partial charge in [-0.15, -0.1) is 0 Å². The number of hydrogen-bond donors (Lipinski definition) is 1. The summed E-state index contributed by atoms with van der Waals surface area (Å²) >= 11 is 0. The van der Waals surface area contributed by atoms with E-state index < -0.39 is 25.2 Å². The van der Waals surface area contributed by atoms with E-state index in [0.717, 1.165) is 10.8 Å². The molecule has 0 fully saturated rings. The Bertz CT molecular complexity index is 683. The number of nitrogens with zero attached hydrogens (tertiary/aromatic N) is 2. The zero-order valence-electron chi connectivity index (χ0n) is 9.22. The van der Waals surface area contributed by atoms with Gasteiger partial charge in [-0.1, -0.05) is 0 Å². The second-order valence-corrected chi connectivity index (χ2v) is 6.03. The van der Waals surface area contributed by atoms with E-state index in [1.807, 2.05) is 11.1 Å². The number of hydrogen-bond acceptors (Lipinski definition) is 5. The number of aryl methyl sites for hydroxylation is 1. The van der Waals surface area contributed by atoms with Crippen LogP contribution in [-0.2, 0) is 15.6 Å². The summed E-state index contributed by atoms with van der Waals surface area (Å²) in [4.78, 5) is 23.8. The van der Waals surface area contributed by atoms with E-state index >= 15 is 0 Å². The zero-order valence-corrected chi connectivity index (χ0v) is 10.8. The first-order chi connectivity index (χ1) is 8.36. The number of unbranched alkanes of at least 4 members (excludes halogenated alkanes) is 2. The molecule has 0 radical (unpaired) electrons. The molecule has 0 aliphatic heterocycles. The maximum absolute atomic E-state index is 11.4. The largest absolute Gasteiger partial charge is 0.328 e. The molecule has 7 nitrogen and oxygen atoms in total. The van der Waals surface area contributed by atoms with Crippen molar-refractivity contribution in [1.29, 1.82) is 5.26 Å². The average Bonchev–Trinajstić information content (AvgIpc) is 2.25. The van der Waals surface area contributed by atoms with E-state index in [1.165, 1.54) is 0 Å². The van der Waals surface area contributed by atoms with Crippen molar-refractivity contribution in [2.24, 2.45) is 0 Å². The lowest BCUT2D eigenvalue weighted by atomic mass is 10.2. The summed E-state index contributed by atoms with van der Waals surface area (Å²) in [5.41, 5.74) is -1.75. The van der Waals surface area contributed by atoms with Gasteiger partial charge in [0, 0.05) is 29.8 Å². The van der Waals surface area contributed by atoms with Gasteiger partial charge < -0.3 is 0 Å². The average molecular weight is 292 g/mol. The van der Waals surface area contributed by atoms with Gasteiger partial charge in [0.2, 0.25) is 0 Å². The van der Waals surface area contributed by atoms with Gasteiger partial charge in [0.15, 0.2) is 4.90 Å². The van der Waals surface area contributed by atoms with E-state index in [0.29, 0.717) is 19.3 Å². The second-order valence-electron chi connectivity index (χ2n) is 3.50. The van der Waals surface area contributed by atoms with Gasteiger partial charge in [-0.3, -0.25) is 14.3 Å². The van der Waals surface area contributed by atoms with Crippen molar-refractivity contribution in [3.8, 4) is 6.07 Å². The maximum atomic E-state index is 11.4. The minimum Gasteiger partial charge on any atom is -0.299 e. The van der Waals surface area contributed by atoms with E-state index in [2.05, 4.69) is 0 Å². The Morgan fingerprint density at radius 1 is 1.39 bits per heavy atom. The predicted molar refractivity (Wildman–Crippen MR) is 63.8 cm³/mol. The quantitative estimate of drug-likeness (QED) is 0.613. The molecule has 0 spiro atoms. The highest BCUT2D eigenvalue weighted by Gasteiger charge is 2.16. The molecule has 9 heteroatoms. The lowest BCUT2D eigenvalue weighted by molar-refractivity contribution is 0.570. The van der Waals surface area contributed by atoms with Gasteiger partial charge >= 0.3 is 5.69 Å². The van der Waals surface area contributed by atoms with Gasteiger partial charge in [-0.25, -0.2) is 13.2 Å². The molecule has 1 N–H and O–H groups in total. The Morgan fingerprint density at radius 2 is 2.06 bits per heavy atom. The number of aromatic nitrogens is 2. The van der Waals surface area contributed by atoms with Crippen molar-refractivity contribution in [1.82, 2.24) is 9.55 Å². The molecule has 0 amide bonds. The van der Waals surface area contributed by atoms with Crippen LogP contribution in [0.25, 0.3) is 0 Å². The standard InChI is InChI=1S/C9H10ClN3O4S/c10-18(16,17)7-6-13(5-3-1-2-4-11)9(15)12-8(7)14/h6H,1-3,5H2,(H,12,14,15). The fraction of sp³-hybridized carbons (Fsp3) is 0.444. The molecule has 0 aliphatic rings. The van der Waals surface area contributed by atoms with Crippen molar-refractivity contribution in [2.75, 3.05) is 0 Å².